The molecule has 0 saturated carbocycles. The predicted molar refractivity (Wildman–Crippen MR) is 131 cm³/mol. The van der Waals surface area contributed by atoms with Crippen LogP contribution >= 0.6 is 24.0 Å². The maximum absolute atomic E-state index is 11.8. The predicted octanol–water partition coefficient (Wildman–Crippen LogP) is 3.04. The van der Waals surface area contributed by atoms with E-state index >= 15 is 0 Å². The summed E-state index contributed by atoms with van der Waals surface area (Å²) in [6, 6.07) is 8.22. The minimum absolute atomic E-state index is 0. The number of piperidine rings is 1. The lowest BCUT2D eigenvalue weighted by atomic mass is 10.1. The Bertz CT molecular complexity index is 695. The molecule has 0 radical (unpaired) electrons. The van der Waals surface area contributed by atoms with E-state index in [1.54, 1.807) is 4.90 Å². The van der Waals surface area contributed by atoms with E-state index in [-0.39, 0.29) is 36.7 Å². The molecule has 1 saturated heterocycles. The summed E-state index contributed by atoms with van der Waals surface area (Å²) in [4.78, 5) is 18.3. The topological polar surface area (TPSA) is 75.2 Å². The molecule has 1 aliphatic rings. The number of amides is 1. The quantitative estimate of drug-likeness (QED) is 0.235. The number of hydrogen-bond acceptors (Lipinski definition) is 4. The lowest BCUT2D eigenvalue weighted by Crippen LogP contribution is -2.50. The Labute approximate surface area is 197 Å². The Morgan fingerprint density at radius 1 is 1.27 bits per heavy atom. The van der Waals surface area contributed by atoms with Crippen LogP contribution in [0.5, 0.6) is 5.75 Å². The molecule has 1 heterocycles. The van der Waals surface area contributed by atoms with E-state index in [0.29, 0.717) is 32.3 Å². The van der Waals surface area contributed by atoms with E-state index < -0.39 is 0 Å². The van der Waals surface area contributed by atoms with Crippen molar-refractivity contribution in [1.82, 2.24) is 15.5 Å². The van der Waals surface area contributed by atoms with Crippen LogP contribution in [0.1, 0.15) is 32.3 Å². The van der Waals surface area contributed by atoms with Crippen LogP contribution < -0.4 is 15.4 Å². The maximum Gasteiger partial charge on any atom is 0.409 e. The van der Waals surface area contributed by atoms with E-state index in [4.69, 9.17) is 15.9 Å². The van der Waals surface area contributed by atoms with Gasteiger partial charge in [0.1, 0.15) is 12.4 Å². The van der Waals surface area contributed by atoms with Crippen LogP contribution in [0.2, 0.25) is 0 Å². The summed E-state index contributed by atoms with van der Waals surface area (Å²) in [7, 11) is 0. The van der Waals surface area contributed by atoms with Crippen LogP contribution in [0.15, 0.2) is 29.3 Å². The van der Waals surface area contributed by atoms with Crippen LogP contribution in [0.25, 0.3) is 0 Å². The van der Waals surface area contributed by atoms with Gasteiger partial charge in [-0.3, -0.25) is 4.99 Å². The molecule has 0 spiro atoms. The highest BCUT2D eigenvalue weighted by atomic mass is 127. The standard InChI is InChI=1S/C22H32N4O3.HI/c1-4-17-29-20-9-7-18(8-10-20)11-14-24-21(23-5-2)25-19-12-15-26(16-13-19)22(27)28-6-3;/h1,7-10,19H,5-6,11-17H2,2-3H3,(H2,23,24,25);1H. The highest BCUT2D eigenvalue weighted by Crippen LogP contribution is 2.13. The lowest BCUT2D eigenvalue weighted by Gasteiger charge is -2.32. The molecule has 0 aliphatic carbocycles. The van der Waals surface area contributed by atoms with Gasteiger partial charge in [-0.15, -0.1) is 30.4 Å². The van der Waals surface area contributed by atoms with Crippen LogP contribution in [0, 0.1) is 12.3 Å². The first-order valence-corrected chi connectivity index (χ1v) is 10.3. The van der Waals surface area contributed by atoms with Crippen molar-refractivity contribution in [3.8, 4) is 18.1 Å². The van der Waals surface area contributed by atoms with Crippen molar-refractivity contribution in [2.24, 2.45) is 4.99 Å². The van der Waals surface area contributed by atoms with E-state index in [9.17, 15) is 4.79 Å². The van der Waals surface area contributed by atoms with Crippen LogP contribution in [0.4, 0.5) is 4.79 Å². The second kappa shape index (κ2) is 14.8. The zero-order chi connectivity index (χ0) is 20.9. The summed E-state index contributed by atoms with van der Waals surface area (Å²) in [5, 5.41) is 6.79. The third-order valence-electron chi connectivity index (χ3n) is 4.62. The first-order valence-electron chi connectivity index (χ1n) is 10.3. The molecular formula is C22H33IN4O3. The van der Waals surface area contributed by atoms with Crippen molar-refractivity contribution < 1.29 is 14.3 Å². The highest BCUT2D eigenvalue weighted by Gasteiger charge is 2.23. The molecule has 2 N–H and O–H groups in total. The number of rotatable bonds is 8. The van der Waals surface area contributed by atoms with Gasteiger partial charge in [0.25, 0.3) is 0 Å². The molecule has 1 aliphatic heterocycles. The number of ether oxygens (including phenoxy) is 2. The number of benzene rings is 1. The largest absolute Gasteiger partial charge is 0.481 e. The molecule has 1 aromatic rings. The molecule has 7 nitrogen and oxygen atoms in total. The normalized spacial score (nSPS) is 14.3. The Morgan fingerprint density at radius 3 is 2.57 bits per heavy atom. The lowest BCUT2D eigenvalue weighted by molar-refractivity contribution is 0.0963. The Balaban J connectivity index is 0.00000450. The number of likely N-dealkylation sites (tertiary alicyclic amines) is 1. The summed E-state index contributed by atoms with van der Waals surface area (Å²) in [6.07, 6.45) is 7.57. The molecular weight excluding hydrogens is 495 g/mol. The van der Waals surface area contributed by atoms with Crippen LogP contribution in [0.3, 0.4) is 0 Å². The number of terminal acetylenes is 1. The van der Waals surface area contributed by atoms with E-state index in [1.807, 2.05) is 31.2 Å². The van der Waals surface area contributed by atoms with Gasteiger partial charge in [-0.05, 0) is 50.8 Å². The number of nitrogens with zero attached hydrogens (tertiary/aromatic N) is 2. The molecule has 0 unspecified atom stereocenters. The fourth-order valence-electron chi connectivity index (χ4n) is 3.11. The molecule has 0 atom stereocenters. The Kier molecular flexibility index (Phi) is 12.7. The zero-order valence-electron chi connectivity index (χ0n) is 17.9. The summed E-state index contributed by atoms with van der Waals surface area (Å²) < 4.78 is 10.5. The molecule has 0 bridgehead atoms. The molecule has 2 rings (SSSR count). The summed E-state index contributed by atoms with van der Waals surface area (Å²) in [5.74, 6) is 4.05. The number of halogens is 1. The van der Waals surface area contributed by atoms with Gasteiger partial charge >= 0.3 is 6.09 Å². The summed E-state index contributed by atoms with van der Waals surface area (Å²) in [6.45, 7) is 7.45. The van der Waals surface area contributed by atoms with Crippen molar-refractivity contribution in [2.45, 2.75) is 39.2 Å². The zero-order valence-corrected chi connectivity index (χ0v) is 20.2. The van der Waals surface area contributed by atoms with Gasteiger partial charge in [-0.1, -0.05) is 18.1 Å². The van der Waals surface area contributed by atoms with Gasteiger partial charge in [0, 0.05) is 32.2 Å². The Morgan fingerprint density at radius 2 is 1.97 bits per heavy atom. The summed E-state index contributed by atoms with van der Waals surface area (Å²) in [5.41, 5.74) is 1.19. The van der Waals surface area contributed by atoms with Crippen LogP contribution in [-0.2, 0) is 11.2 Å². The number of carbonyl (C=O) groups is 1. The number of aliphatic imine (C=N–C) groups is 1. The van der Waals surface area contributed by atoms with Gasteiger partial charge in [0.2, 0.25) is 0 Å². The third-order valence-corrected chi connectivity index (χ3v) is 4.62. The molecule has 1 fully saturated rings. The average molecular weight is 528 g/mol. The van der Waals surface area contributed by atoms with Crippen molar-refractivity contribution >= 4 is 36.0 Å². The fraction of sp³-hybridized carbons (Fsp3) is 0.545. The monoisotopic (exact) mass is 528 g/mol. The Hall–Kier alpha value is -2.15. The molecule has 1 amide bonds. The van der Waals surface area contributed by atoms with Gasteiger partial charge in [-0.2, -0.15) is 0 Å². The highest BCUT2D eigenvalue weighted by molar-refractivity contribution is 14.0. The molecule has 166 valence electrons. The summed E-state index contributed by atoms with van der Waals surface area (Å²) >= 11 is 0. The SMILES string of the molecule is C#CCOc1ccc(CCN=C(NCC)NC2CCN(C(=O)OCC)CC2)cc1.I. The number of hydrogen-bond donors (Lipinski definition) is 2. The number of guanidine groups is 1. The van der Waals surface area contributed by atoms with E-state index in [1.165, 1.54) is 5.56 Å². The minimum atomic E-state index is -0.220. The smallest absolute Gasteiger partial charge is 0.409 e. The van der Waals surface area contributed by atoms with Gasteiger partial charge in [-0.25, -0.2) is 4.79 Å². The molecule has 1 aromatic carbocycles. The minimum Gasteiger partial charge on any atom is -0.481 e. The van der Waals surface area contributed by atoms with Crippen molar-refractivity contribution in [2.75, 3.05) is 39.4 Å². The number of nitrogens with one attached hydrogen (secondary N) is 2. The molecule has 0 aromatic heterocycles. The second-order valence-electron chi connectivity index (χ2n) is 6.75. The fourth-order valence-corrected chi connectivity index (χ4v) is 3.11. The van der Waals surface area contributed by atoms with E-state index in [2.05, 4.69) is 28.5 Å². The van der Waals surface area contributed by atoms with Crippen LogP contribution in [-0.4, -0.2) is 62.4 Å². The maximum atomic E-state index is 11.8. The second-order valence-corrected chi connectivity index (χ2v) is 6.75. The number of carbonyl (C=O) groups excluding carboxylic acids is 1. The van der Waals surface area contributed by atoms with Crippen molar-refractivity contribution in [3.05, 3.63) is 29.8 Å². The van der Waals surface area contributed by atoms with Gasteiger partial charge in [0.15, 0.2) is 5.96 Å². The molecule has 8 heteroatoms. The molecule has 30 heavy (non-hydrogen) atoms. The van der Waals surface area contributed by atoms with Crippen molar-refractivity contribution in [3.63, 3.8) is 0 Å². The third kappa shape index (κ3) is 9.11. The van der Waals surface area contributed by atoms with Gasteiger partial charge < -0.3 is 25.0 Å². The van der Waals surface area contributed by atoms with Gasteiger partial charge in [0.05, 0.1) is 6.61 Å². The van der Waals surface area contributed by atoms with E-state index in [0.717, 1.165) is 37.5 Å². The first kappa shape index (κ1) is 25.9. The first-order chi connectivity index (χ1) is 14.2. The van der Waals surface area contributed by atoms with Crippen molar-refractivity contribution in [1.29, 1.82) is 0 Å². The average Bonchev–Trinajstić information content (AvgIpc) is 2.74.